The fourth-order valence-electron chi connectivity index (χ4n) is 3.02. The Labute approximate surface area is 192 Å². The SMILES string of the molecule is CCNC(=NCc1ccc(CN2CCCC2=O)cc1)NCCOCCC(C)C.I. The summed E-state index contributed by atoms with van der Waals surface area (Å²) in [4.78, 5) is 18.3. The Balaban J connectivity index is 0.00000420. The highest BCUT2D eigenvalue weighted by Gasteiger charge is 2.19. The summed E-state index contributed by atoms with van der Waals surface area (Å²) in [6.45, 7) is 11.7. The monoisotopic (exact) mass is 516 g/mol. The lowest BCUT2D eigenvalue weighted by atomic mass is 10.1. The fourth-order valence-corrected chi connectivity index (χ4v) is 3.02. The summed E-state index contributed by atoms with van der Waals surface area (Å²) in [5.41, 5.74) is 2.33. The smallest absolute Gasteiger partial charge is 0.222 e. The summed E-state index contributed by atoms with van der Waals surface area (Å²) in [5.74, 6) is 1.75. The molecule has 6 nitrogen and oxygen atoms in total. The van der Waals surface area contributed by atoms with Gasteiger partial charge in [0.15, 0.2) is 5.96 Å². The molecular weight excluding hydrogens is 479 g/mol. The van der Waals surface area contributed by atoms with Crippen LogP contribution in [0.1, 0.15) is 51.2 Å². The predicted octanol–water partition coefficient (Wildman–Crippen LogP) is 3.54. The van der Waals surface area contributed by atoms with Crippen LogP contribution in [0.4, 0.5) is 0 Å². The molecule has 1 fully saturated rings. The van der Waals surface area contributed by atoms with Gasteiger partial charge in [-0.1, -0.05) is 38.1 Å². The van der Waals surface area contributed by atoms with Crippen molar-refractivity contribution in [3.8, 4) is 0 Å². The maximum atomic E-state index is 11.7. The van der Waals surface area contributed by atoms with Crippen LogP contribution in [0.25, 0.3) is 0 Å². The number of aliphatic imine (C=N–C) groups is 1. The number of nitrogens with one attached hydrogen (secondary N) is 2. The van der Waals surface area contributed by atoms with Gasteiger partial charge >= 0.3 is 0 Å². The van der Waals surface area contributed by atoms with Gasteiger partial charge in [-0.25, -0.2) is 4.99 Å². The standard InChI is InChI=1S/C22H36N4O2.HI/c1-4-23-22(24-12-15-28-14-11-18(2)3)25-16-19-7-9-20(10-8-19)17-26-13-5-6-21(26)27;/h7-10,18H,4-6,11-17H2,1-3H3,(H2,23,24,25);1H. The van der Waals surface area contributed by atoms with Gasteiger partial charge < -0.3 is 20.3 Å². The number of amides is 1. The van der Waals surface area contributed by atoms with Gasteiger partial charge in [-0.3, -0.25) is 4.79 Å². The molecule has 0 unspecified atom stereocenters. The molecule has 0 bridgehead atoms. The van der Waals surface area contributed by atoms with Crippen molar-refractivity contribution in [2.45, 2.75) is 53.1 Å². The topological polar surface area (TPSA) is 66.0 Å². The highest BCUT2D eigenvalue weighted by atomic mass is 127. The average Bonchev–Trinajstić information content (AvgIpc) is 3.08. The molecule has 0 radical (unpaired) electrons. The number of carbonyl (C=O) groups excluding carboxylic acids is 1. The van der Waals surface area contributed by atoms with Gasteiger partial charge in [-0.05, 0) is 36.8 Å². The Morgan fingerprint density at radius 1 is 1.17 bits per heavy atom. The number of carbonyl (C=O) groups is 1. The Morgan fingerprint density at radius 3 is 2.52 bits per heavy atom. The van der Waals surface area contributed by atoms with Crippen LogP contribution in [0.3, 0.4) is 0 Å². The van der Waals surface area contributed by atoms with E-state index in [1.807, 2.05) is 4.90 Å². The van der Waals surface area contributed by atoms with E-state index >= 15 is 0 Å². The third-order valence-corrected chi connectivity index (χ3v) is 4.71. The van der Waals surface area contributed by atoms with Crippen LogP contribution < -0.4 is 10.6 Å². The Bertz CT molecular complexity index is 620. The normalized spacial score (nSPS) is 14.3. The van der Waals surface area contributed by atoms with Crippen molar-refractivity contribution in [1.29, 1.82) is 0 Å². The van der Waals surface area contributed by atoms with Crippen LogP contribution in [0.15, 0.2) is 29.3 Å². The van der Waals surface area contributed by atoms with E-state index in [2.05, 4.69) is 60.7 Å². The predicted molar refractivity (Wildman–Crippen MR) is 130 cm³/mol. The zero-order valence-corrected chi connectivity index (χ0v) is 20.4. The van der Waals surface area contributed by atoms with Crippen LogP contribution in [0.2, 0.25) is 0 Å². The van der Waals surface area contributed by atoms with E-state index in [1.165, 1.54) is 5.56 Å². The summed E-state index contributed by atoms with van der Waals surface area (Å²) in [6.07, 6.45) is 2.76. The number of halogens is 1. The van der Waals surface area contributed by atoms with Gasteiger partial charge in [0, 0.05) is 39.2 Å². The van der Waals surface area contributed by atoms with Gasteiger partial charge in [-0.2, -0.15) is 0 Å². The van der Waals surface area contributed by atoms with Gasteiger partial charge in [0.05, 0.1) is 13.2 Å². The molecule has 0 atom stereocenters. The first-order chi connectivity index (χ1) is 13.6. The molecule has 1 aliphatic heterocycles. The summed E-state index contributed by atoms with van der Waals surface area (Å²) in [7, 11) is 0. The molecule has 0 spiro atoms. The highest BCUT2D eigenvalue weighted by Crippen LogP contribution is 2.15. The minimum atomic E-state index is 0. The van der Waals surface area contributed by atoms with Gasteiger partial charge in [0.1, 0.15) is 0 Å². The second-order valence-electron chi connectivity index (χ2n) is 7.65. The molecule has 0 aromatic heterocycles. The van der Waals surface area contributed by atoms with Crippen LogP contribution in [-0.4, -0.2) is 49.6 Å². The minimum absolute atomic E-state index is 0. The van der Waals surface area contributed by atoms with Crippen molar-refractivity contribution in [3.63, 3.8) is 0 Å². The maximum absolute atomic E-state index is 11.7. The second kappa shape index (κ2) is 14.6. The molecule has 29 heavy (non-hydrogen) atoms. The van der Waals surface area contributed by atoms with Gasteiger partial charge in [-0.15, -0.1) is 24.0 Å². The number of likely N-dealkylation sites (tertiary alicyclic amines) is 1. The number of hydrogen-bond donors (Lipinski definition) is 2. The van der Waals surface area contributed by atoms with E-state index in [-0.39, 0.29) is 29.9 Å². The number of hydrogen-bond acceptors (Lipinski definition) is 3. The lowest BCUT2D eigenvalue weighted by Gasteiger charge is -2.15. The first kappa shape index (κ1) is 25.7. The van der Waals surface area contributed by atoms with Crippen LogP contribution >= 0.6 is 24.0 Å². The van der Waals surface area contributed by atoms with E-state index < -0.39 is 0 Å². The molecule has 2 rings (SSSR count). The Kier molecular flexibility index (Phi) is 12.9. The molecule has 164 valence electrons. The second-order valence-corrected chi connectivity index (χ2v) is 7.65. The van der Waals surface area contributed by atoms with Crippen molar-refractivity contribution in [1.82, 2.24) is 15.5 Å². The Hall–Kier alpha value is -1.35. The molecule has 0 aliphatic carbocycles. The highest BCUT2D eigenvalue weighted by molar-refractivity contribution is 14.0. The molecule has 1 aromatic carbocycles. The first-order valence-corrected chi connectivity index (χ1v) is 10.5. The van der Waals surface area contributed by atoms with Crippen molar-refractivity contribution >= 4 is 35.8 Å². The molecule has 0 saturated carbocycles. The molecule has 7 heteroatoms. The molecule has 1 amide bonds. The maximum Gasteiger partial charge on any atom is 0.222 e. The number of ether oxygens (including phenoxy) is 1. The molecule has 1 aromatic rings. The molecule has 1 aliphatic rings. The van der Waals surface area contributed by atoms with Crippen LogP contribution in [0.5, 0.6) is 0 Å². The lowest BCUT2D eigenvalue weighted by molar-refractivity contribution is -0.128. The van der Waals surface area contributed by atoms with Crippen molar-refractivity contribution in [2.24, 2.45) is 10.9 Å². The summed E-state index contributed by atoms with van der Waals surface area (Å²) >= 11 is 0. The summed E-state index contributed by atoms with van der Waals surface area (Å²) in [5, 5.41) is 6.58. The number of nitrogens with zero attached hydrogens (tertiary/aromatic N) is 2. The number of rotatable bonds is 11. The van der Waals surface area contributed by atoms with Crippen molar-refractivity contribution in [2.75, 3.05) is 32.8 Å². The lowest BCUT2D eigenvalue weighted by Crippen LogP contribution is -2.39. The molecule has 1 saturated heterocycles. The van der Waals surface area contributed by atoms with Crippen molar-refractivity contribution < 1.29 is 9.53 Å². The van der Waals surface area contributed by atoms with E-state index in [4.69, 9.17) is 4.74 Å². The number of benzene rings is 1. The molecule has 2 N–H and O–H groups in total. The zero-order chi connectivity index (χ0) is 20.2. The Morgan fingerprint density at radius 2 is 1.90 bits per heavy atom. The third kappa shape index (κ3) is 10.3. The van der Waals surface area contributed by atoms with Gasteiger partial charge in [0.25, 0.3) is 0 Å². The third-order valence-electron chi connectivity index (χ3n) is 4.71. The number of guanidine groups is 1. The average molecular weight is 516 g/mol. The van der Waals surface area contributed by atoms with Crippen LogP contribution in [0, 0.1) is 5.92 Å². The summed E-state index contributed by atoms with van der Waals surface area (Å²) in [6, 6.07) is 8.38. The first-order valence-electron chi connectivity index (χ1n) is 10.5. The van der Waals surface area contributed by atoms with E-state index in [0.717, 1.165) is 50.6 Å². The largest absolute Gasteiger partial charge is 0.380 e. The molecular formula is C22H37IN4O2. The van der Waals surface area contributed by atoms with E-state index in [0.29, 0.717) is 32.0 Å². The van der Waals surface area contributed by atoms with E-state index in [1.54, 1.807) is 0 Å². The summed E-state index contributed by atoms with van der Waals surface area (Å²) < 4.78 is 5.64. The van der Waals surface area contributed by atoms with E-state index in [9.17, 15) is 4.79 Å². The molecule has 1 heterocycles. The van der Waals surface area contributed by atoms with Gasteiger partial charge in [0.2, 0.25) is 5.91 Å². The quantitative estimate of drug-likeness (QED) is 0.205. The van der Waals surface area contributed by atoms with Crippen molar-refractivity contribution in [3.05, 3.63) is 35.4 Å². The van der Waals surface area contributed by atoms with Crippen LogP contribution in [-0.2, 0) is 22.6 Å². The zero-order valence-electron chi connectivity index (χ0n) is 18.1. The fraction of sp³-hybridized carbons (Fsp3) is 0.636. The minimum Gasteiger partial charge on any atom is -0.380 e.